The summed E-state index contributed by atoms with van der Waals surface area (Å²) in [5.41, 5.74) is 0. The van der Waals surface area contributed by atoms with Crippen molar-refractivity contribution in [2.24, 2.45) is 0 Å². The maximum atomic E-state index is 9.55. The lowest BCUT2D eigenvalue weighted by atomic mass is 10.5. The Labute approximate surface area is 71.6 Å². The second-order valence-electron chi connectivity index (χ2n) is 1.94. The lowest BCUT2D eigenvalue weighted by Gasteiger charge is -1.93. The molecule has 0 heterocycles. The fourth-order valence-electron chi connectivity index (χ4n) is 0.0956. The van der Waals surface area contributed by atoms with Gasteiger partial charge in [-0.2, -0.15) is 12.6 Å². The van der Waals surface area contributed by atoms with Gasteiger partial charge in [0.15, 0.2) is 0 Å². The number of carbonyl (C=O) groups is 2. The molecular formula is C6H13NO3S. The van der Waals surface area contributed by atoms with Gasteiger partial charge in [-0.25, -0.2) is 0 Å². The zero-order valence-electron chi connectivity index (χ0n) is 6.65. The number of hydrogen-bond donors (Lipinski definition) is 2. The molecule has 0 aliphatic rings. The minimum Gasteiger partial charge on any atom is -0.481 e. The van der Waals surface area contributed by atoms with E-state index in [1.807, 2.05) is 0 Å². The van der Waals surface area contributed by atoms with Gasteiger partial charge in [-0.15, -0.1) is 0 Å². The van der Waals surface area contributed by atoms with Crippen molar-refractivity contribution in [3.05, 3.63) is 0 Å². The molecule has 66 valence electrons. The smallest absolute Gasteiger partial charge is 0.304 e. The maximum Gasteiger partial charge on any atom is 0.304 e. The summed E-state index contributed by atoms with van der Waals surface area (Å²) < 4.78 is 0. The van der Waals surface area contributed by atoms with Gasteiger partial charge in [0.2, 0.25) is 6.41 Å². The van der Waals surface area contributed by atoms with E-state index < -0.39 is 5.97 Å². The van der Waals surface area contributed by atoms with E-state index in [4.69, 9.17) is 5.11 Å². The van der Waals surface area contributed by atoms with Crippen LogP contribution in [0.15, 0.2) is 0 Å². The average molecular weight is 179 g/mol. The number of thiol groups is 1. The molecule has 0 spiro atoms. The van der Waals surface area contributed by atoms with Crippen LogP contribution in [0.1, 0.15) is 6.42 Å². The highest BCUT2D eigenvalue weighted by Gasteiger charge is 1.88. The van der Waals surface area contributed by atoms with Crippen LogP contribution in [0.2, 0.25) is 0 Å². The van der Waals surface area contributed by atoms with Crippen molar-refractivity contribution in [3.8, 4) is 0 Å². The van der Waals surface area contributed by atoms with Crippen molar-refractivity contribution < 1.29 is 14.7 Å². The van der Waals surface area contributed by atoms with Crippen molar-refractivity contribution in [1.29, 1.82) is 0 Å². The molecule has 11 heavy (non-hydrogen) atoms. The van der Waals surface area contributed by atoms with Gasteiger partial charge in [0.05, 0.1) is 6.42 Å². The average Bonchev–Trinajstić information content (AvgIpc) is 1.89. The van der Waals surface area contributed by atoms with E-state index in [0.29, 0.717) is 5.75 Å². The molecule has 0 saturated heterocycles. The van der Waals surface area contributed by atoms with Crippen LogP contribution in [-0.2, 0) is 9.59 Å². The number of carboxylic acid groups (broad SMARTS) is 1. The maximum absolute atomic E-state index is 9.55. The first-order valence-corrected chi connectivity index (χ1v) is 3.62. The summed E-state index contributed by atoms with van der Waals surface area (Å²) in [6.07, 6.45) is 0.906. The van der Waals surface area contributed by atoms with Gasteiger partial charge in [0.25, 0.3) is 0 Å². The van der Waals surface area contributed by atoms with E-state index in [2.05, 4.69) is 12.6 Å². The molecule has 5 heteroatoms. The molecule has 1 amide bonds. The summed E-state index contributed by atoms with van der Waals surface area (Å²) in [4.78, 5) is 20.4. The summed E-state index contributed by atoms with van der Waals surface area (Å²) in [5.74, 6) is -0.361. The van der Waals surface area contributed by atoms with E-state index in [9.17, 15) is 9.59 Å². The molecule has 0 bridgehead atoms. The second kappa shape index (κ2) is 9.29. The molecule has 0 aliphatic carbocycles. The summed E-state index contributed by atoms with van der Waals surface area (Å²) >= 11 is 3.68. The third-order valence-electron chi connectivity index (χ3n) is 0.536. The summed E-state index contributed by atoms with van der Waals surface area (Å²) in [6.45, 7) is 0. The molecule has 0 aromatic rings. The van der Waals surface area contributed by atoms with E-state index in [1.54, 1.807) is 14.1 Å². The van der Waals surface area contributed by atoms with Crippen molar-refractivity contribution in [2.45, 2.75) is 6.42 Å². The van der Waals surface area contributed by atoms with Crippen LogP contribution < -0.4 is 0 Å². The zero-order valence-corrected chi connectivity index (χ0v) is 7.54. The monoisotopic (exact) mass is 179 g/mol. The zero-order chi connectivity index (χ0) is 9.28. The molecule has 0 aromatic heterocycles. The Hall–Kier alpha value is -0.710. The molecule has 1 N–H and O–H groups in total. The van der Waals surface area contributed by atoms with E-state index in [1.165, 1.54) is 4.90 Å². The summed E-state index contributed by atoms with van der Waals surface area (Å²) in [6, 6.07) is 0. The number of hydrogen-bond acceptors (Lipinski definition) is 3. The lowest BCUT2D eigenvalue weighted by Crippen LogP contribution is -2.06. The van der Waals surface area contributed by atoms with Gasteiger partial charge in [-0.05, 0) is 0 Å². The number of rotatable bonds is 3. The predicted molar refractivity (Wildman–Crippen MR) is 45.9 cm³/mol. The molecule has 0 fully saturated rings. The Morgan fingerprint density at radius 3 is 2.00 bits per heavy atom. The quantitative estimate of drug-likeness (QED) is 0.477. The second-order valence-corrected chi connectivity index (χ2v) is 2.38. The summed E-state index contributed by atoms with van der Waals surface area (Å²) in [7, 11) is 3.38. The molecule has 0 atom stereocenters. The summed E-state index contributed by atoms with van der Waals surface area (Å²) in [5, 5.41) is 7.86. The van der Waals surface area contributed by atoms with Gasteiger partial charge in [0, 0.05) is 19.8 Å². The normalized spacial score (nSPS) is 7.55. The molecule has 0 unspecified atom stereocenters. The Kier molecular flexibility index (Phi) is 10.9. The first-order valence-electron chi connectivity index (χ1n) is 2.99. The Balaban J connectivity index is 0. The fraction of sp³-hybridized carbons (Fsp3) is 0.667. The number of amides is 1. The molecule has 4 nitrogen and oxygen atoms in total. The van der Waals surface area contributed by atoms with Gasteiger partial charge in [0.1, 0.15) is 0 Å². The van der Waals surface area contributed by atoms with Crippen LogP contribution in [0, 0.1) is 0 Å². The highest BCUT2D eigenvalue weighted by atomic mass is 32.1. The van der Waals surface area contributed by atoms with Gasteiger partial charge < -0.3 is 10.0 Å². The molecule has 0 saturated carbocycles. The van der Waals surface area contributed by atoms with Crippen molar-refractivity contribution >= 4 is 25.0 Å². The molecule has 0 aromatic carbocycles. The van der Waals surface area contributed by atoms with E-state index in [0.717, 1.165) is 6.41 Å². The number of nitrogens with zero attached hydrogens (tertiary/aromatic N) is 1. The fourth-order valence-corrected chi connectivity index (χ4v) is 0.287. The van der Waals surface area contributed by atoms with Gasteiger partial charge in [-0.3, -0.25) is 9.59 Å². The van der Waals surface area contributed by atoms with Crippen LogP contribution in [0.5, 0.6) is 0 Å². The van der Waals surface area contributed by atoms with E-state index in [-0.39, 0.29) is 6.42 Å². The number of carboxylic acids is 1. The minimum absolute atomic E-state index is 0.156. The Morgan fingerprint density at radius 1 is 1.64 bits per heavy atom. The Morgan fingerprint density at radius 2 is 2.00 bits per heavy atom. The van der Waals surface area contributed by atoms with Crippen molar-refractivity contribution in [2.75, 3.05) is 19.8 Å². The SMILES string of the molecule is CN(C)C=O.O=C(O)CCS. The minimum atomic E-state index is -0.787. The number of carbonyl (C=O) groups excluding carboxylic acids is 1. The predicted octanol–water partition coefficient (Wildman–Crippen LogP) is 0.0953. The topological polar surface area (TPSA) is 57.6 Å². The highest BCUT2D eigenvalue weighted by molar-refractivity contribution is 7.80. The van der Waals surface area contributed by atoms with Crippen LogP contribution in [0.4, 0.5) is 0 Å². The molecule has 0 rings (SSSR count). The largest absolute Gasteiger partial charge is 0.481 e. The molecule has 0 aliphatic heterocycles. The number of aliphatic carboxylic acids is 1. The van der Waals surface area contributed by atoms with Crippen LogP contribution in [-0.4, -0.2) is 42.2 Å². The first-order chi connectivity index (χ1) is 5.04. The highest BCUT2D eigenvalue weighted by Crippen LogP contribution is 1.79. The first kappa shape index (κ1) is 12.9. The van der Waals surface area contributed by atoms with Crippen LogP contribution in [0.3, 0.4) is 0 Å². The van der Waals surface area contributed by atoms with Crippen molar-refractivity contribution in [3.63, 3.8) is 0 Å². The van der Waals surface area contributed by atoms with Crippen LogP contribution in [0.25, 0.3) is 0 Å². The third-order valence-corrected chi connectivity index (χ3v) is 0.760. The lowest BCUT2D eigenvalue weighted by molar-refractivity contribution is -0.136. The standard InChI is InChI=1S/C3H7NO.C3H6O2S/c1-4(2)3-5;4-3(5)1-2-6/h3H,1-2H3;6H,1-2H2,(H,4,5). The molecule has 0 radical (unpaired) electrons. The van der Waals surface area contributed by atoms with Crippen molar-refractivity contribution in [1.82, 2.24) is 4.90 Å². The Bertz CT molecular complexity index is 116. The van der Waals surface area contributed by atoms with Crippen LogP contribution >= 0.6 is 12.6 Å². The van der Waals surface area contributed by atoms with Gasteiger partial charge in [-0.1, -0.05) is 0 Å². The molecular weight excluding hydrogens is 166 g/mol. The third kappa shape index (κ3) is 26.8. The van der Waals surface area contributed by atoms with Gasteiger partial charge >= 0.3 is 5.97 Å². The van der Waals surface area contributed by atoms with E-state index >= 15 is 0 Å².